The molecule has 13 heavy (non-hydrogen) atoms. The van der Waals surface area contributed by atoms with Crippen LogP contribution in [0, 0.1) is 12.3 Å². The van der Waals surface area contributed by atoms with E-state index >= 15 is 0 Å². The van der Waals surface area contributed by atoms with Crippen LogP contribution in [-0.4, -0.2) is 16.2 Å². The van der Waals surface area contributed by atoms with Gasteiger partial charge in [-0.15, -0.1) is 0 Å². The van der Waals surface area contributed by atoms with Crippen molar-refractivity contribution in [3.05, 3.63) is 17.5 Å². The van der Waals surface area contributed by atoms with Crippen molar-refractivity contribution >= 4 is 5.97 Å². The largest absolute Gasteiger partial charge is 0.481 e. The predicted octanol–water partition coefficient (Wildman–Crippen LogP) is 1.39. The fourth-order valence-electron chi connectivity index (χ4n) is 1.47. The number of carbonyl (C=O) groups is 1. The third-order valence-electron chi connectivity index (χ3n) is 2.69. The topological polar surface area (TPSA) is 63.3 Å². The molecule has 0 aliphatic heterocycles. The number of aryl methyl sites for hydroxylation is 1. The zero-order chi connectivity index (χ0) is 9.47. The molecule has 2 rings (SSSR count). The molecule has 1 aromatic rings. The summed E-state index contributed by atoms with van der Waals surface area (Å²) in [7, 11) is 0. The summed E-state index contributed by atoms with van der Waals surface area (Å²) >= 11 is 0. The van der Waals surface area contributed by atoms with Crippen molar-refractivity contribution in [3.63, 3.8) is 0 Å². The summed E-state index contributed by atoms with van der Waals surface area (Å²) in [5.41, 5.74) is 0.399. The number of carboxylic acids is 1. The van der Waals surface area contributed by atoms with Crippen LogP contribution in [0.5, 0.6) is 0 Å². The highest BCUT2D eigenvalue weighted by Crippen LogP contribution is 2.48. The highest BCUT2D eigenvalue weighted by Gasteiger charge is 2.50. The second-order valence-electron chi connectivity index (χ2n) is 3.67. The maximum Gasteiger partial charge on any atom is 0.309 e. The van der Waals surface area contributed by atoms with Gasteiger partial charge < -0.3 is 9.63 Å². The van der Waals surface area contributed by atoms with Crippen molar-refractivity contribution in [2.45, 2.75) is 26.2 Å². The van der Waals surface area contributed by atoms with E-state index in [1.165, 1.54) is 0 Å². The molecule has 70 valence electrons. The lowest BCUT2D eigenvalue weighted by Gasteiger charge is -2.06. The molecule has 1 saturated carbocycles. The Bertz CT molecular complexity index is 338. The molecular weight excluding hydrogens is 170 g/mol. The van der Waals surface area contributed by atoms with Crippen molar-refractivity contribution in [1.82, 2.24) is 5.16 Å². The van der Waals surface area contributed by atoms with Gasteiger partial charge in [0, 0.05) is 5.56 Å². The quantitative estimate of drug-likeness (QED) is 0.765. The van der Waals surface area contributed by atoms with Gasteiger partial charge in [-0.2, -0.15) is 0 Å². The predicted molar refractivity (Wildman–Crippen MR) is 44.2 cm³/mol. The van der Waals surface area contributed by atoms with Crippen LogP contribution < -0.4 is 0 Å². The average Bonchev–Trinajstić information content (AvgIpc) is 2.74. The Kier molecular flexibility index (Phi) is 1.65. The van der Waals surface area contributed by atoms with Gasteiger partial charge in [-0.25, -0.2) is 0 Å². The number of hydrogen-bond donors (Lipinski definition) is 1. The van der Waals surface area contributed by atoms with Crippen LogP contribution in [-0.2, 0) is 11.2 Å². The minimum absolute atomic E-state index is 0.518. The second-order valence-corrected chi connectivity index (χ2v) is 3.67. The second kappa shape index (κ2) is 2.58. The molecule has 0 amide bonds. The summed E-state index contributed by atoms with van der Waals surface area (Å²) in [5, 5.41) is 12.6. The first-order valence-electron chi connectivity index (χ1n) is 4.28. The van der Waals surface area contributed by atoms with E-state index in [1.807, 2.05) is 0 Å². The van der Waals surface area contributed by atoms with Gasteiger partial charge in [-0.3, -0.25) is 4.79 Å². The Morgan fingerprint density at radius 1 is 1.77 bits per heavy atom. The number of hydrogen-bond acceptors (Lipinski definition) is 3. The van der Waals surface area contributed by atoms with Crippen LogP contribution in [0.15, 0.2) is 10.7 Å². The molecule has 0 unspecified atom stereocenters. The third-order valence-corrected chi connectivity index (χ3v) is 2.69. The van der Waals surface area contributed by atoms with Crippen LogP contribution >= 0.6 is 0 Å². The van der Waals surface area contributed by atoms with E-state index in [9.17, 15) is 4.79 Å². The van der Waals surface area contributed by atoms with Crippen molar-refractivity contribution in [3.8, 4) is 0 Å². The molecule has 1 heterocycles. The summed E-state index contributed by atoms with van der Waals surface area (Å²) in [5.74, 6) is 0.0284. The number of rotatable bonds is 3. The molecule has 0 aromatic carbocycles. The maximum atomic E-state index is 10.9. The standard InChI is InChI=1S/C9H11NO3/c1-6-7(5-10-13-6)4-9(2-3-9)8(11)12/h5H,2-4H2,1H3,(H,11,12). The fraction of sp³-hybridized carbons (Fsp3) is 0.556. The van der Waals surface area contributed by atoms with Gasteiger partial charge in [0.2, 0.25) is 0 Å². The van der Waals surface area contributed by atoms with E-state index in [4.69, 9.17) is 9.63 Å². The lowest BCUT2D eigenvalue weighted by molar-refractivity contribution is -0.143. The molecule has 0 spiro atoms. The molecule has 0 radical (unpaired) electrons. The molecule has 1 aromatic heterocycles. The maximum absolute atomic E-state index is 10.9. The molecule has 1 aliphatic rings. The van der Waals surface area contributed by atoms with Gasteiger partial charge in [0.15, 0.2) is 0 Å². The van der Waals surface area contributed by atoms with E-state index in [0.29, 0.717) is 6.42 Å². The monoisotopic (exact) mass is 181 g/mol. The lowest BCUT2D eigenvalue weighted by atomic mass is 9.98. The minimum Gasteiger partial charge on any atom is -0.481 e. The molecule has 1 N–H and O–H groups in total. The van der Waals surface area contributed by atoms with E-state index < -0.39 is 11.4 Å². The summed E-state index contributed by atoms with van der Waals surface area (Å²) in [4.78, 5) is 10.9. The summed E-state index contributed by atoms with van der Waals surface area (Å²) < 4.78 is 4.87. The SMILES string of the molecule is Cc1oncc1CC1(C(=O)O)CC1. The van der Waals surface area contributed by atoms with Crippen LogP contribution in [0.2, 0.25) is 0 Å². The molecule has 0 bridgehead atoms. The first-order valence-corrected chi connectivity index (χ1v) is 4.28. The Balaban J connectivity index is 2.15. The van der Waals surface area contributed by atoms with Crippen molar-refractivity contribution in [2.24, 2.45) is 5.41 Å². The van der Waals surface area contributed by atoms with E-state index in [2.05, 4.69) is 5.16 Å². The molecule has 1 aliphatic carbocycles. The average molecular weight is 181 g/mol. The zero-order valence-electron chi connectivity index (χ0n) is 7.41. The molecular formula is C9H11NO3. The summed E-state index contributed by atoms with van der Waals surface area (Å²) in [6, 6.07) is 0. The zero-order valence-corrected chi connectivity index (χ0v) is 7.41. The Labute approximate surface area is 75.5 Å². The highest BCUT2D eigenvalue weighted by molar-refractivity contribution is 5.78. The lowest BCUT2D eigenvalue weighted by Crippen LogP contribution is -2.17. The van der Waals surface area contributed by atoms with Crippen LogP contribution in [0.4, 0.5) is 0 Å². The van der Waals surface area contributed by atoms with Gasteiger partial charge in [-0.05, 0) is 26.2 Å². The highest BCUT2D eigenvalue weighted by atomic mass is 16.5. The fourth-order valence-corrected chi connectivity index (χ4v) is 1.47. The van der Waals surface area contributed by atoms with Crippen LogP contribution in [0.1, 0.15) is 24.2 Å². The van der Waals surface area contributed by atoms with Gasteiger partial charge in [0.1, 0.15) is 5.76 Å². The van der Waals surface area contributed by atoms with Gasteiger partial charge >= 0.3 is 5.97 Å². The molecule has 0 saturated heterocycles. The molecule has 1 fully saturated rings. The van der Waals surface area contributed by atoms with Crippen molar-refractivity contribution in [2.75, 3.05) is 0 Å². The minimum atomic E-state index is -0.701. The van der Waals surface area contributed by atoms with Crippen molar-refractivity contribution < 1.29 is 14.4 Å². The van der Waals surface area contributed by atoms with Crippen molar-refractivity contribution in [1.29, 1.82) is 0 Å². The Hall–Kier alpha value is -1.32. The number of aliphatic carboxylic acids is 1. The van der Waals surface area contributed by atoms with E-state index in [1.54, 1.807) is 13.1 Å². The van der Waals surface area contributed by atoms with Crippen LogP contribution in [0.3, 0.4) is 0 Å². The summed E-state index contributed by atoms with van der Waals surface area (Å²) in [6.07, 6.45) is 3.70. The molecule has 4 nitrogen and oxygen atoms in total. The summed E-state index contributed by atoms with van der Waals surface area (Å²) in [6.45, 7) is 1.81. The van der Waals surface area contributed by atoms with Gasteiger partial charge in [0.05, 0.1) is 11.6 Å². The first kappa shape index (κ1) is 8.29. The van der Waals surface area contributed by atoms with Crippen LogP contribution in [0.25, 0.3) is 0 Å². The Morgan fingerprint density at radius 2 is 2.46 bits per heavy atom. The number of aromatic nitrogens is 1. The van der Waals surface area contributed by atoms with E-state index in [0.717, 1.165) is 24.2 Å². The normalized spacial score (nSPS) is 18.5. The third kappa shape index (κ3) is 1.32. The molecule has 4 heteroatoms. The number of carboxylic acid groups (broad SMARTS) is 1. The smallest absolute Gasteiger partial charge is 0.309 e. The number of nitrogens with zero attached hydrogens (tertiary/aromatic N) is 1. The van der Waals surface area contributed by atoms with E-state index in [-0.39, 0.29) is 0 Å². The first-order chi connectivity index (χ1) is 6.14. The van der Waals surface area contributed by atoms with Gasteiger partial charge in [0.25, 0.3) is 0 Å². The molecule has 0 atom stereocenters. The Morgan fingerprint density at radius 3 is 2.85 bits per heavy atom. The van der Waals surface area contributed by atoms with Gasteiger partial charge in [-0.1, -0.05) is 5.16 Å².